The van der Waals surface area contributed by atoms with E-state index in [-0.39, 0.29) is 17.2 Å². The van der Waals surface area contributed by atoms with Gasteiger partial charge in [-0.1, -0.05) is 96.1 Å². The Hall–Kier alpha value is -8.35. The number of benzene rings is 9. The average Bonchev–Trinajstić information content (AvgIpc) is 3.84. The fourth-order valence-electron chi connectivity index (χ4n) is 11.3. The first-order valence-electron chi connectivity index (χ1n) is 23.6. The Morgan fingerprint density at radius 1 is 0.375 bits per heavy atom. The molecule has 0 fully saturated rings. The molecule has 11 aromatic rings. The summed E-state index contributed by atoms with van der Waals surface area (Å²) in [6, 6.07) is 51.8. The van der Waals surface area contributed by atoms with Gasteiger partial charge in [0.05, 0.1) is 56.2 Å². The van der Waals surface area contributed by atoms with Gasteiger partial charge in [-0.15, -0.1) is 0 Å². The molecule has 9 heteroatoms. The van der Waals surface area contributed by atoms with Crippen LogP contribution in [-0.2, 0) is 12.4 Å². The van der Waals surface area contributed by atoms with Gasteiger partial charge < -0.3 is 9.13 Å². The topological polar surface area (TPSA) is 33.6 Å². The summed E-state index contributed by atoms with van der Waals surface area (Å²) in [6.07, 6.45) is -10.1. The van der Waals surface area contributed by atoms with Gasteiger partial charge in [0.1, 0.15) is 0 Å². The van der Waals surface area contributed by atoms with E-state index in [9.17, 15) is 31.6 Å². The lowest BCUT2D eigenvalue weighted by Crippen LogP contribution is -2.11. The molecule has 0 N–H and O–H groups in total. The van der Waals surface area contributed by atoms with E-state index in [1.807, 2.05) is 59.2 Å². The van der Waals surface area contributed by atoms with Crippen molar-refractivity contribution in [3.8, 4) is 62.0 Å². The molecule has 0 aliphatic rings. The number of fused-ring (bicyclic) bond motifs is 6. The molecule has 0 atom stereocenters. The standard InChI is InChI=1S/C63H45F6N3/c1-35-23-37(3)60(38(4)24-35)43-17-21-57-52(30-43)48-11-7-9-13-54(48)71(57)56-20-15-41(34-70)27-51(56)50-19-16-42(45-28-46(62(64,65)66)33-47(29-45)63(67,68)69)32-59(50)72-55-14-10-8-12-49(55)53-31-44(18-22-58(53)72)61-39(5)25-36(2)26-40(61)6/h7-33H,1-6H3. The molecule has 2 heterocycles. The lowest BCUT2D eigenvalue weighted by molar-refractivity contribution is -0.143. The third-order valence-electron chi connectivity index (χ3n) is 14.1. The van der Waals surface area contributed by atoms with Crippen LogP contribution in [0.1, 0.15) is 50.1 Å². The van der Waals surface area contributed by atoms with E-state index < -0.39 is 23.5 Å². The largest absolute Gasteiger partial charge is 0.416 e. The molecule has 9 aromatic carbocycles. The van der Waals surface area contributed by atoms with Gasteiger partial charge in [-0.25, -0.2) is 0 Å². The van der Waals surface area contributed by atoms with Crippen molar-refractivity contribution in [2.45, 2.75) is 53.9 Å². The summed E-state index contributed by atoms with van der Waals surface area (Å²) in [5.41, 5.74) is 14.5. The minimum Gasteiger partial charge on any atom is -0.309 e. The van der Waals surface area contributed by atoms with Gasteiger partial charge in [0.2, 0.25) is 0 Å². The van der Waals surface area contributed by atoms with Crippen LogP contribution in [0.5, 0.6) is 0 Å². The first kappa shape index (κ1) is 46.1. The minimum absolute atomic E-state index is 0.142. The summed E-state index contributed by atoms with van der Waals surface area (Å²) in [6.45, 7) is 12.6. The van der Waals surface area contributed by atoms with Crippen LogP contribution in [0.25, 0.3) is 99.5 Å². The number of alkyl halides is 6. The monoisotopic (exact) mass is 957 g/mol. The molecular weight excluding hydrogens is 913 g/mol. The van der Waals surface area contributed by atoms with Gasteiger partial charge >= 0.3 is 12.4 Å². The highest BCUT2D eigenvalue weighted by molar-refractivity contribution is 6.13. The SMILES string of the molecule is Cc1cc(C)c(-c2ccc3c(c2)c2ccccc2n3-c2ccc(C#N)cc2-c2ccc(-c3cc(C(F)(F)F)cc(C(F)(F)F)c3)cc2-n2c3ccccc3c3cc(-c4c(C)cc(C)cc4C)ccc32)c(C)c1. The Morgan fingerprint density at radius 2 is 0.819 bits per heavy atom. The number of hydrogen-bond donors (Lipinski definition) is 0. The normalized spacial score (nSPS) is 12.2. The third-order valence-corrected chi connectivity index (χ3v) is 14.1. The number of nitriles is 1. The predicted octanol–water partition coefficient (Wildman–Crippen LogP) is 18.3. The van der Waals surface area contributed by atoms with Crippen molar-refractivity contribution < 1.29 is 26.3 Å². The molecular formula is C63H45F6N3. The van der Waals surface area contributed by atoms with E-state index >= 15 is 0 Å². The van der Waals surface area contributed by atoms with Crippen LogP contribution in [0, 0.1) is 52.9 Å². The lowest BCUT2D eigenvalue weighted by Gasteiger charge is -2.21. The second-order valence-corrected chi connectivity index (χ2v) is 19.1. The summed E-state index contributed by atoms with van der Waals surface area (Å²) in [4.78, 5) is 0. The van der Waals surface area contributed by atoms with E-state index in [1.165, 1.54) is 16.7 Å². The van der Waals surface area contributed by atoms with Crippen LogP contribution >= 0.6 is 0 Å². The molecule has 0 radical (unpaired) electrons. The summed E-state index contributed by atoms with van der Waals surface area (Å²) < 4.78 is 90.9. The summed E-state index contributed by atoms with van der Waals surface area (Å²) in [7, 11) is 0. The maximum absolute atomic E-state index is 14.4. The van der Waals surface area contributed by atoms with Crippen LogP contribution in [0.3, 0.4) is 0 Å². The third kappa shape index (κ3) is 7.70. The fraction of sp³-hybridized carbons (Fsp3) is 0.127. The number of para-hydroxylation sites is 2. The van der Waals surface area contributed by atoms with E-state index in [0.717, 1.165) is 100 Å². The number of rotatable bonds is 6. The van der Waals surface area contributed by atoms with Crippen molar-refractivity contribution in [1.82, 2.24) is 9.13 Å². The van der Waals surface area contributed by atoms with Crippen molar-refractivity contribution in [3.63, 3.8) is 0 Å². The molecule has 0 unspecified atom stereocenters. The second kappa shape index (κ2) is 16.9. The molecule has 3 nitrogen and oxygen atoms in total. The molecule has 0 spiro atoms. The highest BCUT2D eigenvalue weighted by Gasteiger charge is 2.37. The van der Waals surface area contributed by atoms with Gasteiger partial charge in [-0.3, -0.25) is 0 Å². The summed E-state index contributed by atoms with van der Waals surface area (Å²) in [5.74, 6) is 0. The van der Waals surface area contributed by atoms with Crippen molar-refractivity contribution >= 4 is 43.6 Å². The zero-order valence-corrected chi connectivity index (χ0v) is 40.2. The van der Waals surface area contributed by atoms with Gasteiger partial charge in [0.15, 0.2) is 0 Å². The van der Waals surface area contributed by atoms with E-state index in [1.54, 1.807) is 24.3 Å². The molecule has 354 valence electrons. The van der Waals surface area contributed by atoms with Gasteiger partial charge in [0.25, 0.3) is 0 Å². The molecule has 0 aliphatic heterocycles. The first-order valence-corrected chi connectivity index (χ1v) is 23.6. The highest BCUT2D eigenvalue weighted by Crippen LogP contribution is 2.46. The maximum atomic E-state index is 14.4. The number of nitrogens with zero attached hydrogens (tertiary/aromatic N) is 3. The Kier molecular flexibility index (Phi) is 10.8. The predicted molar refractivity (Wildman–Crippen MR) is 280 cm³/mol. The lowest BCUT2D eigenvalue weighted by atomic mass is 9.92. The zero-order chi connectivity index (χ0) is 50.5. The average molecular weight is 958 g/mol. The van der Waals surface area contributed by atoms with E-state index in [4.69, 9.17) is 0 Å². The van der Waals surface area contributed by atoms with Crippen LogP contribution in [-0.4, -0.2) is 9.13 Å². The first-order chi connectivity index (χ1) is 34.4. The summed E-state index contributed by atoms with van der Waals surface area (Å²) in [5, 5.41) is 14.3. The van der Waals surface area contributed by atoms with Crippen LogP contribution < -0.4 is 0 Å². The molecule has 0 amide bonds. The van der Waals surface area contributed by atoms with Crippen LogP contribution in [0.2, 0.25) is 0 Å². The Morgan fingerprint density at radius 3 is 1.29 bits per heavy atom. The van der Waals surface area contributed by atoms with E-state index in [0.29, 0.717) is 22.4 Å². The van der Waals surface area contributed by atoms with Crippen LogP contribution in [0.15, 0.2) is 164 Å². The molecule has 0 saturated carbocycles. The molecule has 72 heavy (non-hydrogen) atoms. The molecule has 2 aromatic heterocycles. The number of hydrogen-bond acceptors (Lipinski definition) is 1. The van der Waals surface area contributed by atoms with Gasteiger partial charge in [-0.2, -0.15) is 31.6 Å². The Balaban J connectivity index is 1.22. The van der Waals surface area contributed by atoms with E-state index in [2.05, 4.69) is 119 Å². The quantitative estimate of drug-likeness (QED) is 0.153. The molecule has 0 saturated heterocycles. The number of aryl methyl sites for hydroxylation is 6. The Labute approximate surface area is 412 Å². The Bertz CT molecular complexity index is 4020. The number of aromatic nitrogens is 2. The fourth-order valence-corrected chi connectivity index (χ4v) is 11.3. The van der Waals surface area contributed by atoms with Crippen molar-refractivity contribution in [2.24, 2.45) is 0 Å². The minimum atomic E-state index is -5.05. The van der Waals surface area contributed by atoms with Crippen molar-refractivity contribution in [1.29, 1.82) is 5.26 Å². The zero-order valence-electron chi connectivity index (χ0n) is 40.2. The summed E-state index contributed by atoms with van der Waals surface area (Å²) >= 11 is 0. The molecule has 0 bridgehead atoms. The second-order valence-electron chi connectivity index (χ2n) is 19.1. The maximum Gasteiger partial charge on any atom is 0.416 e. The van der Waals surface area contributed by atoms with Crippen molar-refractivity contribution in [2.75, 3.05) is 0 Å². The number of halogens is 6. The van der Waals surface area contributed by atoms with Gasteiger partial charge in [0, 0.05) is 32.7 Å². The molecule has 11 rings (SSSR count). The van der Waals surface area contributed by atoms with Gasteiger partial charge in [-0.05, 0) is 176 Å². The molecule has 0 aliphatic carbocycles. The van der Waals surface area contributed by atoms with Crippen molar-refractivity contribution in [3.05, 3.63) is 214 Å². The highest BCUT2D eigenvalue weighted by atomic mass is 19.4. The van der Waals surface area contributed by atoms with Crippen LogP contribution in [0.4, 0.5) is 26.3 Å². The smallest absolute Gasteiger partial charge is 0.309 e.